The number of nitrogens with zero attached hydrogens (tertiary/aromatic N) is 2. The van der Waals surface area contributed by atoms with E-state index in [0.717, 1.165) is 45.3 Å². The number of aliphatic hydroxyl groups is 1. The third-order valence-corrected chi connectivity index (χ3v) is 4.58. The quantitative estimate of drug-likeness (QED) is 0.845. The standard InChI is InChI=1S/C19H28N2O2/c1-20(12-16-8-4-2-5-9-16)13-18-14-21(15-19(22)23-18)17-10-6-3-7-11-17/h2,4,6,8,10-11,18-19,22H,3,5,7,9,12-15H2,1H3. The van der Waals surface area contributed by atoms with Crippen LogP contribution in [0.1, 0.15) is 25.7 Å². The largest absolute Gasteiger partial charge is 0.366 e. The Hall–Kier alpha value is -1.36. The van der Waals surface area contributed by atoms with E-state index in [0.29, 0.717) is 6.54 Å². The lowest BCUT2D eigenvalue weighted by Gasteiger charge is -2.39. The summed E-state index contributed by atoms with van der Waals surface area (Å²) in [4.78, 5) is 4.56. The topological polar surface area (TPSA) is 35.9 Å². The first kappa shape index (κ1) is 16.5. The van der Waals surface area contributed by atoms with Crippen LogP contribution < -0.4 is 0 Å². The summed E-state index contributed by atoms with van der Waals surface area (Å²) in [5.74, 6) is 0. The van der Waals surface area contributed by atoms with Gasteiger partial charge in [0.05, 0.1) is 12.6 Å². The fourth-order valence-corrected chi connectivity index (χ4v) is 3.51. The van der Waals surface area contributed by atoms with Gasteiger partial charge < -0.3 is 14.7 Å². The normalized spacial score (nSPS) is 28.0. The molecular formula is C19H28N2O2. The molecule has 0 aromatic rings. The molecule has 126 valence electrons. The number of allylic oxidation sites excluding steroid dienone is 6. The summed E-state index contributed by atoms with van der Waals surface area (Å²) in [6.07, 6.45) is 17.1. The molecule has 1 fully saturated rings. The van der Waals surface area contributed by atoms with Crippen LogP contribution in [0.3, 0.4) is 0 Å². The second kappa shape index (κ2) is 7.95. The molecule has 2 atom stereocenters. The summed E-state index contributed by atoms with van der Waals surface area (Å²) >= 11 is 0. The van der Waals surface area contributed by atoms with Crippen LogP contribution in [-0.4, -0.2) is 60.5 Å². The average Bonchev–Trinajstić information content (AvgIpc) is 2.56. The molecule has 23 heavy (non-hydrogen) atoms. The van der Waals surface area contributed by atoms with Gasteiger partial charge in [-0.1, -0.05) is 36.0 Å². The van der Waals surface area contributed by atoms with Crippen LogP contribution in [0.25, 0.3) is 0 Å². The summed E-state index contributed by atoms with van der Waals surface area (Å²) in [6, 6.07) is 0. The molecule has 1 aliphatic heterocycles. The first-order valence-electron chi connectivity index (χ1n) is 8.69. The van der Waals surface area contributed by atoms with Crippen molar-refractivity contribution in [2.45, 2.75) is 38.1 Å². The Bertz CT molecular complexity index is 521. The molecule has 0 bridgehead atoms. The molecule has 0 aromatic heterocycles. The maximum absolute atomic E-state index is 10.1. The Labute approximate surface area is 139 Å². The number of morpholine rings is 1. The van der Waals surface area contributed by atoms with Gasteiger partial charge in [0, 0.05) is 25.3 Å². The Morgan fingerprint density at radius 2 is 2.17 bits per heavy atom. The third kappa shape index (κ3) is 4.80. The first-order chi connectivity index (χ1) is 11.2. The minimum absolute atomic E-state index is 0.0414. The lowest BCUT2D eigenvalue weighted by atomic mass is 10.0. The fraction of sp³-hybridized carbons (Fsp3) is 0.579. The van der Waals surface area contributed by atoms with Gasteiger partial charge in [-0.3, -0.25) is 4.90 Å². The summed E-state index contributed by atoms with van der Waals surface area (Å²) < 4.78 is 5.75. The van der Waals surface area contributed by atoms with E-state index in [4.69, 9.17) is 4.74 Å². The van der Waals surface area contributed by atoms with E-state index in [1.165, 1.54) is 11.3 Å². The highest BCUT2D eigenvalue weighted by atomic mass is 16.6. The molecular weight excluding hydrogens is 288 g/mol. The Morgan fingerprint density at radius 3 is 2.91 bits per heavy atom. The first-order valence-corrected chi connectivity index (χ1v) is 8.69. The molecule has 3 aliphatic rings. The van der Waals surface area contributed by atoms with Gasteiger partial charge in [-0.15, -0.1) is 0 Å². The SMILES string of the molecule is CN(CC1=CC=CCC1)CC1CN(C2=CCCC=C2)CC(O)O1. The average molecular weight is 316 g/mol. The van der Waals surface area contributed by atoms with Crippen molar-refractivity contribution in [3.8, 4) is 0 Å². The maximum atomic E-state index is 10.1. The van der Waals surface area contributed by atoms with Gasteiger partial charge >= 0.3 is 0 Å². The number of hydrogen-bond acceptors (Lipinski definition) is 4. The number of aliphatic hydroxyl groups excluding tert-OH is 1. The molecule has 0 saturated carbocycles. The lowest BCUT2D eigenvalue weighted by molar-refractivity contribution is -0.180. The van der Waals surface area contributed by atoms with Crippen molar-refractivity contribution in [3.63, 3.8) is 0 Å². The van der Waals surface area contributed by atoms with Crippen molar-refractivity contribution in [3.05, 3.63) is 47.7 Å². The van der Waals surface area contributed by atoms with Crippen molar-refractivity contribution in [2.75, 3.05) is 33.2 Å². The second-order valence-electron chi connectivity index (χ2n) is 6.71. The molecule has 0 aromatic carbocycles. The zero-order valence-corrected chi connectivity index (χ0v) is 14.0. The van der Waals surface area contributed by atoms with E-state index in [1.807, 2.05) is 0 Å². The van der Waals surface area contributed by atoms with E-state index >= 15 is 0 Å². The number of β-amino-alcohol motifs (C(OH)–C–C–N with tert-alkyl or cyclic N) is 1. The molecule has 3 rings (SSSR count). The molecule has 2 aliphatic carbocycles. The molecule has 0 radical (unpaired) electrons. The van der Waals surface area contributed by atoms with Crippen LogP contribution in [0.5, 0.6) is 0 Å². The Morgan fingerprint density at radius 1 is 1.26 bits per heavy atom. The van der Waals surface area contributed by atoms with E-state index < -0.39 is 6.29 Å². The fourth-order valence-electron chi connectivity index (χ4n) is 3.51. The van der Waals surface area contributed by atoms with E-state index in [1.54, 1.807) is 0 Å². The number of ether oxygens (including phenoxy) is 1. The number of hydrogen-bond donors (Lipinski definition) is 1. The summed E-state index contributed by atoms with van der Waals surface area (Å²) in [5.41, 5.74) is 2.70. The maximum Gasteiger partial charge on any atom is 0.172 e. The smallest absolute Gasteiger partial charge is 0.172 e. The van der Waals surface area contributed by atoms with Crippen molar-refractivity contribution in [1.82, 2.24) is 9.80 Å². The molecule has 1 N–H and O–H groups in total. The van der Waals surface area contributed by atoms with Gasteiger partial charge in [0.2, 0.25) is 0 Å². The molecule has 2 unspecified atom stereocenters. The minimum atomic E-state index is -0.699. The molecule has 0 spiro atoms. The van der Waals surface area contributed by atoms with Gasteiger partial charge in [-0.2, -0.15) is 0 Å². The van der Waals surface area contributed by atoms with Crippen LogP contribution in [0.2, 0.25) is 0 Å². The van der Waals surface area contributed by atoms with E-state index in [2.05, 4.69) is 53.3 Å². The monoisotopic (exact) mass is 316 g/mol. The predicted molar refractivity (Wildman–Crippen MR) is 92.9 cm³/mol. The van der Waals surface area contributed by atoms with Crippen molar-refractivity contribution in [2.24, 2.45) is 0 Å². The highest BCUT2D eigenvalue weighted by molar-refractivity contribution is 5.22. The van der Waals surface area contributed by atoms with Crippen LogP contribution in [0.4, 0.5) is 0 Å². The van der Waals surface area contributed by atoms with E-state index in [9.17, 15) is 5.11 Å². The van der Waals surface area contributed by atoms with Crippen LogP contribution in [0, 0.1) is 0 Å². The Kier molecular flexibility index (Phi) is 5.70. The van der Waals surface area contributed by atoms with Crippen molar-refractivity contribution < 1.29 is 9.84 Å². The van der Waals surface area contributed by atoms with Gasteiger partial charge in [0.15, 0.2) is 6.29 Å². The minimum Gasteiger partial charge on any atom is -0.366 e. The Balaban J connectivity index is 1.54. The zero-order valence-electron chi connectivity index (χ0n) is 14.0. The third-order valence-electron chi connectivity index (χ3n) is 4.58. The van der Waals surface area contributed by atoms with Gasteiger partial charge in [-0.25, -0.2) is 0 Å². The van der Waals surface area contributed by atoms with Crippen molar-refractivity contribution in [1.29, 1.82) is 0 Å². The van der Waals surface area contributed by atoms with Gasteiger partial charge in [0.1, 0.15) is 0 Å². The summed E-state index contributed by atoms with van der Waals surface area (Å²) in [5, 5.41) is 10.1. The van der Waals surface area contributed by atoms with Crippen LogP contribution in [0.15, 0.2) is 47.7 Å². The van der Waals surface area contributed by atoms with Gasteiger partial charge in [0.25, 0.3) is 0 Å². The highest BCUT2D eigenvalue weighted by Gasteiger charge is 2.28. The summed E-state index contributed by atoms with van der Waals surface area (Å²) in [6.45, 7) is 3.22. The van der Waals surface area contributed by atoms with Crippen LogP contribution in [-0.2, 0) is 4.74 Å². The predicted octanol–water partition coefficient (Wildman–Crippen LogP) is 2.45. The van der Waals surface area contributed by atoms with Crippen molar-refractivity contribution >= 4 is 0 Å². The number of likely N-dealkylation sites (N-methyl/N-ethyl adjacent to an activating group) is 1. The highest BCUT2D eigenvalue weighted by Crippen LogP contribution is 2.20. The molecule has 1 saturated heterocycles. The molecule has 4 nitrogen and oxygen atoms in total. The molecule has 1 heterocycles. The second-order valence-corrected chi connectivity index (χ2v) is 6.71. The lowest BCUT2D eigenvalue weighted by Crippen LogP contribution is -2.50. The summed E-state index contributed by atoms with van der Waals surface area (Å²) in [7, 11) is 2.13. The van der Waals surface area contributed by atoms with Crippen LogP contribution >= 0.6 is 0 Å². The molecule has 4 heteroatoms. The van der Waals surface area contributed by atoms with Gasteiger partial charge in [-0.05, 0) is 38.8 Å². The molecule has 0 amide bonds. The van der Waals surface area contributed by atoms with E-state index in [-0.39, 0.29) is 6.10 Å². The zero-order chi connectivity index (χ0) is 16.1. The number of rotatable bonds is 5.